The van der Waals surface area contributed by atoms with Gasteiger partial charge in [0.05, 0.1) is 5.57 Å². The lowest BCUT2D eigenvalue weighted by Crippen LogP contribution is -2.47. The molecule has 0 aromatic heterocycles. The van der Waals surface area contributed by atoms with Crippen LogP contribution in [0.15, 0.2) is 11.6 Å². The van der Waals surface area contributed by atoms with Gasteiger partial charge in [0.2, 0.25) is 0 Å². The Bertz CT molecular complexity index is 312. The zero-order chi connectivity index (χ0) is 10.2. The monoisotopic (exact) mass is 186 g/mol. The van der Waals surface area contributed by atoms with Crippen LogP contribution < -0.4 is 0 Å². The Labute approximate surface area is 72.1 Å². The Morgan fingerprint density at radius 3 is 1.69 bits per heavy atom. The molecule has 0 spiro atoms. The summed E-state index contributed by atoms with van der Waals surface area (Å²) in [6.07, 6.45) is 0.809. The van der Waals surface area contributed by atoms with E-state index in [9.17, 15) is 14.4 Å². The molecular weight excluding hydrogens is 180 g/mol. The van der Waals surface area contributed by atoms with Gasteiger partial charge in [-0.15, -0.1) is 0 Å². The first-order valence-corrected chi connectivity index (χ1v) is 3.33. The standard InChI is InChI=1S/C7H6O6/c8-4(9)3-1-2-7(3,5(10)11)6(12)13/h1H,2H2,(H,8,9)(H,10,11)(H,12,13). The largest absolute Gasteiger partial charge is 0.480 e. The van der Waals surface area contributed by atoms with Gasteiger partial charge in [0, 0.05) is 0 Å². The number of carbonyl (C=O) groups is 3. The topological polar surface area (TPSA) is 112 Å². The van der Waals surface area contributed by atoms with Crippen LogP contribution in [0.1, 0.15) is 6.42 Å². The molecule has 6 heteroatoms. The Morgan fingerprint density at radius 1 is 1.15 bits per heavy atom. The average Bonchev–Trinajstić information content (AvgIpc) is 1.80. The molecule has 0 fully saturated rings. The van der Waals surface area contributed by atoms with E-state index < -0.39 is 28.9 Å². The maximum atomic E-state index is 10.6. The van der Waals surface area contributed by atoms with Crippen LogP contribution in [0.3, 0.4) is 0 Å². The highest BCUT2D eigenvalue weighted by Crippen LogP contribution is 2.41. The van der Waals surface area contributed by atoms with Crippen molar-refractivity contribution in [2.45, 2.75) is 6.42 Å². The highest BCUT2D eigenvalue weighted by atomic mass is 16.4. The van der Waals surface area contributed by atoms with E-state index in [1.807, 2.05) is 0 Å². The highest BCUT2D eigenvalue weighted by Gasteiger charge is 2.57. The lowest BCUT2D eigenvalue weighted by atomic mass is 9.68. The number of allylic oxidation sites excluding steroid dienone is 1. The predicted molar refractivity (Wildman–Crippen MR) is 38.0 cm³/mol. The summed E-state index contributed by atoms with van der Waals surface area (Å²) in [6.45, 7) is 0. The van der Waals surface area contributed by atoms with Crippen LogP contribution in [0.5, 0.6) is 0 Å². The number of hydrogen-bond donors (Lipinski definition) is 3. The summed E-state index contributed by atoms with van der Waals surface area (Å²) in [4.78, 5) is 31.6. The summed E-state index contributed by atoms with van der Waals surface area (Å²) < 4.78 is 0. The maximum Gasteiger partial charge on any atom is 0.333 e. The molecule has 0 aliphatic heterocycles. The van der Waals surface area contributed by atoms with E-state index in [4.69, 9.17) is 15.3 Å². The van der Waals surface area contributed by atoms with Gasteiger partial charge in [0.25, 0.3) is 0 Å². The fourth-order valence-corrected chi connectivity index (χ4v) is 1.17. The molecule has 0 aromatic rings. The van der Waals surface area contributed by atoms with Crippen molar-refractivity contribution >= 4 is 17.9 Å². The van der Waals surface area contributed by atoms with Crippen molar-refractivity contribution in [3.8, 4) is 0 Å². The van der Waals surface area contributed by atoms with Gasteiger partial charge < -0.3 is 15.3 Å². The molecule has 1 aliphatic rings. The molecular formula is C7H6O6. The molecule has 1 rings (SSSR count). The van der Waals surface area contributed by atoms with Gasteiger partial charge in [-0.05, 0) is 6.42 Å². The minimum atomic E-state index is -2.24. The summed E-state index contributed by atoms with van der Waals surface area (Å²) in [7, 11) is 0. The minimum Gasteiger partial charge on any atom is -0.480 e. The SMILES string of the molecule is O=C(O)C1=CCC1(C(=O)O)C(=O)O. The van der Waals surface area contributed by atoms with E-state index in [1.165, 1.54) is 0 Å². The summed E-state index contributed by atoms with van der Waals surface area (Å²) in [5.74, 6) is -4.78. The summed E-state index contributed by atoms with van der Waals surface area (Å²) in [5.41, 5.74) is -2.82. The van der Waals surface area contributed by atoms with Crippen molar-refractivity contribution < 1.29 is 29.7 Å². The van der Waals surface area contributed by atoms with E-state index in [-0.39, 0.29) is 6.42 Å². The van der Waals surface area contributed by atoms with E-state index in [0.29, 0.717) is 0 Å². The molecule has 0 saturated carbocycles. The smallest absolute Gasteiger partial charge is 0.333 e. The number of carboxylic acids is 3. The van der Waals surface area contributed by atoms with E-state index >= 15 is 0 Å². The second-order valence-corrected chi connectivity index (χ2v) is 2.64. The molecule has 0 bridgehead atoms. The predicted octanol–water partition coefficient (Wildman–Crippen LogP) is -0.443. The van der Waals surface area contributed by atoms with Crippen molar-refractivity contribution in [1.29, 1.82) is 0 Å². The third kappa shape index (κ3) is 0.986. The van der Waals surface area contributed by atoms with Crippen molar-refractivity contribution in [3.05, 3.63) is 11.6 Å². The van der Waals surface area contributed by atoms with Gasteiger partial charge in [0.1, 0.15) is 0 Å². The second kappa shape index (κ2) is 2.58. The normalized spacial score (nSPS) is 18.3. The molecule has 0 unspecified atom stereocenters. The highest BCUT2D eigenvalue weighted by molar-refractivity contribution is 6.12. The number of aliphatic carboxylic acids is 3. The molecule has 3 N–H and O–H groups in total. The molecule has 6 nitrogen and oxygen atoms in total. The fraction of sp³-hybridized carbons (Fsp3) is 0.286. The van der Waals surface area contributed by atoms with Gasteiger partial charge in [-0.2, -0.15) is 0 Å². The third-order valence-corrected chi connectivity index (χ3v) is 2.03. The van der Waals surface area contributed by atoms with Crippen LogP contribution in [0.25, 0.3) is 0 Å². The van der Waals surface area contributed by atoms with E-state index in [2.05, 4.69) is 0 Å². The molecule has 0 aromatic carbocycles. The zero-order valence-electron chi connectivity index (χ0n) is 6.35. The zero-order valence-corrected chi connectivity index (χ0v) is 6.35. The molecule has 70 valence electrons. The van der Waals surface area contributed by atoms with Crippen LogP contribution in [0, 0.1) is 5.41 Å². The van der Waals surface area contributed by atoms with Crippen LogP contribution in [-0.2, 0) is 14.4 Å². The summed E-state index contributed by atoms with van der Waals surface area (Å²) >= 11 is 0. The molecule has 0 heterocycles. The fourth-order valence-electron chi connectivity index (χ4n) is 1.17. The second-order valence-electron chi connectivity index (χ2n) is 2.64. The third-order valence-electron chi connectivity index (χ3n) is 2.03. The lowest BCUT2D eigenvalue weighted by Gasteiger charge is -2.31. The van der Waals surface area contributed by atoms with Crippen LogP contribution in [-0.4, -0.2) is 33.2 Å². The first kappa shape index (κ1) is 9.24. The lowest BCUT2D eigenvalue weighted by molar-refractivity contribution is -0.165. The molecule has 13 heavy (non-hydrogen) atoms. The molecule has 0 radical (unpaired) electrons. The van der Waals surface area contributed by atoms with Crippen LogP contribution >= 0.6 is 0 Å². The van der Waals surface area contributed by atoms with Crippen LogP contribution in [0.4, 0.5) is 0 Å². The maximum absolute atomic E-state index is 10.6. The summed E-state index contributed by atoms with van der Waals surface area (Å²) in [6, 6.07) is 0. The average molecular weight is 186 g/mol. The van der Waals surface area contributed by atoms with Crippen molar-refractivity contribution in [3.63, 3.8) is 0 Å². The Hall–Kier alpha value is -1.85. The first-order chi connectivity index (χ1) is 5.93. The number of carboxylic acid groups (broad SMARTS) is 3. The van der Waals surface area contributed by atoms with Gasteiger partial charge >= 0.3 is 17.9 Å². The van der Waals surface area contributed by atoms with Gasteiger partial charge in [-0.25, -0.2) is 4.79 Å². The molecule has 0 amide bonds. The molecule has 1 aliphatic carbocycles. The Kier molecular flexibility index (Phi) is 1.83. The van der Waals surface area contributed by atoms with Gasteiger partial charge in [-0.3, -0.25) is 9.59 Å². The minimum absolute atomic E-state index is 0.278. The Morgan fingerprint density at radius 2 is 1.62 bits per heavy atom. The van der Waals surface area contributed by atoms with E-state index in [0.717, 1.165) is 6.08 Å². The van der Waals surface area contributed by atoms with E-state index in [1.54, 1.807) is 0 Å². The first-order valence-electron chi connectivity index (χ1n) is 3.33. The van der Waals surface area contributed by atoms with Gasteiger partial charge in [-0.1, -0.05) is 6.08 Å². The molecule has 0 atom stereocenters. The van der Waals surface area contributed by atoms with Gasteiger partial charge in [0.15, 0.2) is 5.41 Å². The quantitative estimate of drug-likeness (QED) is 0.515. The van der Waals surface area contributed by atoms with Crippen LogP contribution in [0.2, 0.25) is 0 Å². The number of rotatable bonds is 3. The Balaban J connectivity index is 3.13. The summed E-state index contributed by atoms with van der Waals surface area (Å²) in [5, 5.41) is 25.6. The van der Waals surface area contributed by atoms with Crippen molar-refractivity contribution in [1.82, 2.24) is 0 Å². The molecule has 0 saturated heterocycles. The number of hydrogen-bond acceptors (Lipinski definition) is 3. The van der Waals surface area contributed by atoms with Crippen molar-refractivity contribution in [2.75, 3.05) is 0 Å². The van der Waals surface area contributed by atoms with Crippen molar-refractivity contribution in [2.24, 2.45) is 5.41 Å².